The van der Waals surface area contributed by atoms with E-state index in [1.165, 1.54) is 13.8 Å². The first-order valence-corrected chi connectivity index (χ1v) is 3.00. The fourth-order valence-electron chi connectivity index (χ4n) is 0. The molecule has 6 heteroatoms. The molecule has 0 heterocycles. The molecule has 12 heavy (non-hydrogen) atoms. The third kappa shape index (κ3) is 11.6. The van der Waals surface area contributed by atoms with E-state index in [0.29, 0.717) is 0 Å². The first-order chi connectivity index (χ1) is 5.21. The van der Waals surface area contributed by atoms with Crippen LogP contribution in [-0.2, 0) is 9.59 Å². The van der Waals surface area contributed by atoms with E-state index in [4.69, 9.17) is 25.2 Å². The Bertz CT molecular complexity index is 156. The third-order valence-electron chi connectivity index (χ3n) is 0.659. The van der Waals surface area contributed by atoms with Crippen molar-refractivity contribution >= 4 is 11.9 Å². The summed E-state index contributed by atoms with van der Waals surface area (Å²) < 4.78 is 0. The average Bonchev–Trinajstić information content (AvgIpc) is 1.87. The molecule has 0 bridgehead atoms. The zero-order valence-corrected chi connectivity index (χ0v) is 6.81. The van der Waals surface area contributed by atoms with Crippen LogP contribution in [0.2, 0.25) is 0 Å². The van der Waals surface area contributed by atoms with Gasteiger partial charge in [-0.2, -0.15) is 0 Å². The van der Waals surface area contributed by atoms with E-state index >= 15 is 0 Å². The Morgan fingerprint density at radius 3 is 1.42 bits per heavy atom. The van der Waals surface area contributed by atoms with E-state index in [0.717, 1.165) is 0 Å². The van der Waals surface area contributed by atoms with Gasteiger partial charge in [-0.25, -0.2) is 9.59 Å². The van der Waals surface area contributed by atoms with Gasteiger partial charge in [0.25, 0.3) is 0 Å². The lowest BCUT2D eigenvalue weighted by Gasteiger charge is -2.07. The van der Waals surface area contributed by atoms with Crippen LogP contribution in [0.1, 0.15) is 13.8 Å². The molecule has 0 aliphatic carbocycles. The Labute approximate surface area is 69.1 Å². The van der Waals surface area contributed by atoms with Gasteiger partial charge in [-0.15, -0.1) is 0 Å². The largest absolute Gasteiger partial charge is 0.480 e. The number of carboxylic acid groups (broad SMARTS) is 2. The number of rotatable bonds is 2. The zero-order valence-electron chi connectivity index (χ0n) is 6.81. The van der Waals surface area contributed by atoms with Crippen molar-refractivity contribution in [3.63, 3.8) is 0 Å². The van der Waals surface area contributed by atoms with Crippen molar-refractivity contribution in [1.29, 1.82) is 0 Å². The molecule has 0 unspecified atom stereocenters. The number of aliphatic hydroxyl groups is 2. The molecule has 0 aromatic rings. The maximum atomic E-state index is 9.77. The first-order valence-electron chi connectivity index (χ1n) is 3.00. The molecule has 0 aromatic heterocycles. The van der Waals surface area contributed by atoms with Crippen molar-refractivity contribution in [2.45, 2.75) is 19.4 Å². The fraction of sp³-hybridized carbons (Fsp3) is 0.667. The second-order valence-electron chi connectivity index (χ2n) is 2.42. The molecule has 6 nitrogen and oxygen atoms in total. The third-order valence-corrected chi connectivity index (χ3v) is 0.659. The molecule has 0 fully saturated rings. The molecule has 0 aromatic carbocycles. The van der Waals surface area contributed by atoms with Crippen LogP contribution in [-0.4, -0.2) is 44.6 Å². The van der Waals surface area contributed by atoms with Gasteiger partial charge in [-0.1, -0.05) is 0 Å². The van der Waals surface area contributed by atoms with Crippen LogP contribution in [0.3, 0.4) is 0 Å². The highest BCUT2D eigenvalue weighted by Gasteiger charge is 2.21. The van der Waals surface area contributed by atoms with Crippen LogP contribution in [0.15, 0.2) is 0 Å². The van der Waals surface area contributed by atoms with E-state index in [1.54, 1.807) is 0 Å². The van der Waals surface area contributed by atoms with Crippen LogP contribution < -0.4 is 0 Å². The molecule has 0 spiro atoms. The van der Waals surface area contributed by atoms with E-state index in [-0.39, 0.29) is 0 Å². The lowest BCUT2D eigenvalue weighted by Crippen LogP contribution is -2.30. The summed E-state index contributed by atoms with van der Waals surface area (Å²) in [6, 6.07) is 0. The van der Waals surface area contributed by atoms with Gasteiger partial charge in [0.2, 0.25) is 0 Å². The van der Waals surface area contributed by atoms with Crippen molar-refractivity contribution in [2.24, 2.45) is 0 Å². The number of hydrogen-bond acceptors (Lipinski definition) is 4. The molecule has 0 atom stereocenters. The van der Waals surface area contributed by atoms with Gasteiger partial charge in [0.1, 0.15) is 6.61 Å². The second-order valence-corrected chi connectivity index (χ2v) is 2.42. The lowest BCUT2D eigenvalue weighted by molar-refractivity contribution is -0.154. The van der Waals surface area contributed by atoms with E-state index < -0.39 is 24.1 Å². The van der Waals surface area contributed by atoms with Gasteiger partial charge >= 0.3 is 11.9 Å². The molecule has 0 saturated carbocycles. The Kier molecular flexibility index (Phi) is 6.17. The molecule has 0 rings (SSSR count). The van der Waals surface area contributed by atoms with Gasteiger partial charge < -0.3 is 20.4 Å². The van der Waals surface area contributed by atoms with E-state index in [1.807, 2.05) is 0 Å². The van der Waals surface area contributed by atoms with Crippen molar-refractivity contribution in [3.05, 3.63) is 0 Å². The predicted molar refractivity (Wildman–Crippen MR) is 38.7 cm³/mol. The molecule has 0 aliphatic heterocycles. The number of carboxylic acids is 2. The lowest BCUT2D eigenvalue weighted by atomic mass is 10.1. The van der Waals surface area contributed by atoms with Gasteiger partial charge in [-0.05, 0) is 13.8 Å². The van der Waals surface area contributed by atoms with Crippen LogP contribution in [0, 0.1) is 0 Å². The Morgan fingerprint density at radius 2 is 1.42 bits per heavy atom. The Morgan fingerprint density at radius 1 is 1.25 bits per heavy atom. The van der Waals surface area contributed by atoms with Gasteiger partial charge in [-0.3, -0.25) is 0 Å². The second kappa shape index (κ2) is 5.50. The summed E-state index contributed by atoms with van der Waals surface area (Å²) in [4.78, 5) is 18.9. The summed E-state index contributed by atoms with van der Waals surface area (Å²) in [7, 11) is 0. The summed E-state index contributed by atoms with van der Waals surface area (Å²) in [5.41, 5.74) is -1.58. The molecule has 4 N–H and O–H groups in total. The maximum absolute atomic E-state index is 9.77. The number of hydrogen-bond donors (Lipinski definition) is 4. The van der Waals surface area contributed by atoms with Gasteiger partial charge in [0.15, 0.2) is 5.60 Å². The smallest absolute Gasteiger partial charge is 0.335 e. The monoisotopic (exact) mass is 180 g/mol. The molecule has 0 saturated heterocycles. The van der Waals surface area contributed by atoms with Gasteiger partial charge in [0.05, 0.1) is 0 Å². The summed E-state index contributed by atoms with van der Waals surface area (Å²) in [5, 5.41) is 31.5. The van der Waals surface area contributed by atoms with Crippen LogP contribution in [0.5, 0.6) is 0 Å². The normalized spacial score (nSPS) is 9.67. The van der Waals surface area contributed by atoms with Crippen molar-refractivity contribution in [3.8, 4) is 0 Å². The predicted octanol–water partition coefficient (Wildman–Crippen LogP) is -1.09. The number of aliphatic carboxylic acids is 2. The van der Waals surface area contributed by atoms with Crippen molar-refractivity contribution < 1.29 is 30.0 Å². The summed E-state index contributed by atoms with van der Waals surface area (Å²) in [6.45, 7) is 1.66. The number of aliphatic hydroxyl groups excluding tert-OH is 1. The first kappa shape index (κ1) is 13.4. The summed E-state index contributed by atoms with van der Waals surface area (Å²) in [6.07, 6.45) is 0. The quantitative estimate of drug-likeness (QED) is 0.429. The highest BCUT2D eigenvalue weighted by atomic mass is 16.4. The topological polar surface area (TPSA) is 115 Å². The minimum Gasteiger partial charge on any atom is -0.480 e. The Hall–Kier alpha value is -1.14. The molecule has 0 radical (unpaired) electrons. The zero-order chi connectivity index (χ0) is 10.4. The van der Waals surface area contributed by atoms with Crippen LogP contribution in [0.25, 0.3) is 0 Å². The molecule has 72 valence electrons. The standard InChI is InChI=1S/C4H8O3.C2H4O3/c1-4(2,7)3(5)6;3-1-2(4)5/h7H,1-2H3,(H,5,6);3H,1H2,(H,4,5). The summed E-state index contributed by atoms with van der Waals surface area (Å²) in [5.74, 6) is -2.39. The van der Waals surface area contributed by atoms with E-state index in [9.17, 15) is 4.79 Å². The summed E-state index contributed by atoms with van der Waals surface area (Å²) >= 11 is 0. The highest BCUT2D eigenvalue weighted by molar-refractivity contribution is 5.75. The van der Waals surface area contributed by atoms with Crippen molar-refractivity contribution in [1.82, 2.24) is 0 Å². The highest BCUT2D eigenvalue weighted by Crippen LogP contribution is 1.97. The fourth-order valence-corrected chi connectivity index (χ4v) is 0. The Balaban J connectivity index is 0. The maximum Gasteiger partial charge on any atom is 0.335 e. The molecular formula is C6H12O6. The molecule has 0 amide bonds. The van der Waals surface area contributed by atoms with E-state index in [2.05, 4.69) is 0 Å². The molecular weight excluding hydrogens is 168 g/mol. The van der Waals surface area contributed by atoms with Crippen molar-refractivity contribution in [2.75, 3.05) is 6.61 Å². The van der Waals surface area contributed by atoms with Crippen LogP contribution >= 0.6 is 0 Å². The SMILES string of the molecule is CC(C)(O)C(=O)O.O=C(O)CO. The minimum absolute atomic E-state index is 0.778. The average molecular weight is 180 g/mol. The minimum atomic E-state index is -1.58. The van der Waals surface area contributed by atoms with Crippen LogP contribution in [0.4, 0.5) is 0 Å². The van der Waals surface area contributed by atoms with Gasteiger partial charge in [0, 0.05) is 0 Å². The number of carbonyl (C=O) groups is 2. The molecule has 0 aliphatic rings.